The van der Waals surface area contributed by atoms with E-state index >= 15 is 0 Å². The minimum Gasteiger partial charge on any atom is -0.352 e. The van der Waals surface area contributed by atoms with Gasteiger partial charge in [0.25, 0.3) is 10.1 Å². The van der Waals surface area contributed by atoms with Crippen LogP contribution in [0.4, 0.5) is 0 Å². The summed E-state index contributed by atoms with van der Waals surface area (Å²) < 4.78 is 26.0. The van der Waals surface area contributed by atoms with Crippen LogP contribution < -0.4 is 5.32 Å². The van der Waals surface area contributed by atoms with Gasteiger partial charge in [0.2, 0.25) is 5.91 Å². The van der Waals surface area contributed by atoms with E-state index in [1.165, 1.54) is 0 Å². The molecule has 6 heteroatoms. The maximum absolute atomic E-state index is 11.5. The van der Waals surface area contributed by atoms with Gasteiger partial charge in [-0.05, 0) is 18.4 Å². The normalized spacial score (nSPS) is 11.2. The third kappa shape index (κ3) is 8.34. The topological polar surface area (TPSA) is 72.5 Å². The smallest absolute Gasteiger partial charge is 0.264 e. The molecule has 0 saturated heterocycles. The van der Waals surface area contributed by atoms with Crippen LogP contribution in [0.25, 0.3) is 0 Å². The van der Waals surface area contributed by atoms with Crippen molar-refractivity contribution in [1.82, 2.24) is 5.32 Å². The maximum Gasteiger partial charge on any atom is 0.264 e. The van der Waals surface area contributed by atoms with E-state index in [9.17, 15) is 13.2 Å². The second-order valence-corrected chi connectivity index (χ2v) is 5.89. The minimum atomic E-state index is -3.37. The van der Waals surface area contributed by atoms with Gasteiger partial charge in [0.1, 0.15) is 0 Å². The van der Waals surface area contributed by atoms with Gasteiger partial charge < -0.3 is 5.32 Å². The number of rotatable bonds is 8. The maximum atomic E-state index is 11.5. The number of hydrogen-bond donors (Lipinski definition) is 1. The van der Waals surface area contributed by atoms with Crippen molar-refractivity contribution in [3.63, 3.8) is 0 Å². The molecule has 0 atom stereocenters. The zero-order chi connectivity index (χ0) is 14.1. The van der Waals surface area contributed by atoms with Crippen LogP contribution in [0, 0.1) is 0 Å². The number of amides is 1. The molecule has 1 amide bonds. The lowest BCUT2D eigenvalue weighted by Crippen LogP contribution is -2.22. The average Bonchev–Trinajstić information content (AvgIpc) is 2.36. The molecule has 0 fully saturated rings. The first-order valence-electron chi connectivity index (χ1n) is 6.12. The predicted octanol–water partition coefficient (Wildman–Crippen LogP) is 1.45. The van der Waals surface area contributed by atoms with Gasteiger partial charge in [-0.3, -0.25) is 8.98 Å². The molecule has 0 aliphatic carbocycles. The van der Waals surface area contributed by atoms with Crippen molar-refractivity contribution >= 4 is 16.0 Å². The highest BCUT2D eigenvalue weighted by molar-refractivity contribution is 7.85. The second kappa shape index (κ2) is 7.91. The monoisotopic (exact) mass is 285 g/mol. The molecule has 106 valence electrons. The molecule has 1 N–H and O–H groups in total. The molecule has 1 aromatic rings. The Labute approximate surface area is 114 Å². The van der Waals surface area contributed by atoms with E-state index in [4.69, 9.17) is 0 Å². The first-order valence-corrected chi connectivity index (χ1v) is 7.94. The molecule has 0 aromatic heterocycles. The number of carbonyl (C=O) groups excluding carboxylic acids is 1. The molecule has 0 saturated carbocycles. The summed E-state index contributed by atoms with van der Waals surface area (Å²) in [5, 5.41) is 2.81. The second-order valence-electron chi connectivity index (χ2n) is 4.25. The van der Waals surface area contributed by atoms with Gasteiger partial charge in [0.15, 0.2) is 0 Å². The van der Waals surface area contributed by atoms with Gasteiger partial charge in [-0.25, -0.2) is 0 Å². The highest BCUT2D eigenvalue weighted by atomic mass is 32.2. The van der Waals surface area contributed by atoms with E-state index in [1.54, 1.807) is 0 Å². The quantitative estimate of drug-likeness (QED) is 0.579. The summed E-state index contributed by atoms with van der Waals surface area (Å²) in [5.74, 6) is -0.0387. The van der Waals surface area contributed by atoms with Crippen molar-refractivity contribution in [2.45, 2.75) is 25.8 Å². The molecule has 0 spiro atoms. The van der Waals surface area contributed by atoms with Crippen molar-refractivity contribution in [2.24, 2.45) is 0 Å². The summed E-state index contributed by atoms with van der Waals surface area (Å²) in [7, 11) is -3.37. The molecule has 0 bridgehead atoms. The van der Waals surface area contributed by atoms with Crippen LogP contribution in [0.3, 0.4) is 0 Å². The molecule has 0 radical (unpaired) electrons. The molecule has 19 heavy (non-hydrogen) atoms. The number of benzene rings is 1. The number of unbranched alkanes of at least 4 members (excludes halogenated alkanes) is 1. The number of hydrogen-bond acceptors (Lipinski definition) is 4. The van der Waals surface area contributed by atoms with E-state index in [2.05, 4.69) is 9.50 Å². The molecular formula is C13H19NO4S. The van der Waals surface area contributed by atoms with Gasteiger partial charge in [0, 0.05) is 13.0 Å². The average molecular weight is 285 g/mol. The summed E-state index contributed by atoms with van der Waals surface area (Å²) in [4.78, 5) is 11.5. The molecule has 5 nitrogen and oxygen atoms in total. The Kier molecular flexibility index (Phi) is 6.52. The summed E-state index contributed by atoms with van der Waals surface area (Å²) in [6.07, 6.45) is 2.54. The lowest BCUT2D eigenvalue weighted by atomic mass is 10.2. The Morgan fingerprint density at radius 2 is 1.89 bits per heavy atom. The molecule has 0 aliphatic rings. The van der Waals surface area contributed by atoms with E-state index in [0.717, 1.165) is 11.8 Å². The van der Waals surface area contributed by atoms with Crippen LogP contribution in [0.1, 0.15) is 24.8 Å². The zero-order valence-corrected chi connectivity index (χ0v) is 11.8. The highest BCUT2D eigenvalue weighted by Crippen LogP contribution is 2.00. The fourth-order valence-corrected chi connectivity index (χ4v) is 1.90. The fraction of sp³-hybridized carbons (Fsp3) is 0.462. The van der Waals surface area contributed by atoms with Gasteiger partial charge in [0.05, 0.1) is 12.9 Å². The van der Waals surface area contributed by atoms with E-state index in [1.807, 2.05) is 30.3 Å². The SMILES string of the molecule is CS(=O)(=O)OCCCCC(=O)NCc1ccccc1. The predicted molar refractivity (Wildman–Crippen MR) is 72.9 cm³/mol. The summed E-state index contributed by atoms with van der Waals surface area (Å²) in [5.41, 5.74) is 1.05. The Bertz CT molecular complexity index is 485. The molecule has 0 heterocycles. The van der Waals surface area contributed by atoms with Gasteiger partial charge in [-0.15, -0.1) is 0 Å². The standard InChI is InChI=1S/C13H19NO4S/c1-19(16,17)18-10-6-5-9-13(15)14-11-12-7-3-2-4-8-12/h2-4,7-8H,5-6,9-11H2,1H3,(H,14,15). The van der Waals surface area contributed by atoms with Gasteiger partial charge >= 0.3 is 0 Å². The van der Waals surface area contributed by atoms with Crippen LogP contribution >= 0.6 is 0 Å². The minimum absolute atomic E-state index is 0.0387. The van der Waals surface area contributed by atoms with Crippen molar-refractivity contribution in [1.29, 1.82) is 0 Å². The molecule has 0 unspecified atom stereocenters. The number of carbonyl (C=O) groups is 1. The van der Waals surface area contributed by atoms with E-state index in [0.29, 0.717) is 25.8 Å². The van der Waals surface area contributed by atoms with Crippen LogP contribution in [-0.2, 0) is 25.6 Å². The fourth-order valence-electron chi connectivity index (χ4n) is 1.48. The van der Waals surface area contributed by atoms with Crippen LogP contribution in [-0.4, -0.2) is 27.2 Å². The molecule has 1 rings (SSSR count). The van der Waals surface area contributed by atoms with Crippen molar-refractivity contribution in [3.05, 3.63) is 35.9 Å². The molecule has 0 aliphatic heterocycles. The van der Waals surface area contributed by atoms with Gasteiger partial charge in [-0.2, -0.15) is 8.42 Å². The summed E-state index contributed by atoms with van der Waals surface area (Å²) >= 11 is 0. The zero-order valence-electron chi connectivity index (χ0n) is 11.0. The van der Waals surface area contributed by atoms with Crippen LogP contribution in [0.2, 0.25) is 0 Å². The Morgan fingerprint density at radius 1 is 1.21 bits per heavy atom. The Morgan fingerprint density at radius 3 is 2.53 bits per heavy atom. The lowest BCUT2D eigenvalue weighted by Gasteiger charge is -2.05. The molecule has 1 aromatic carbocycles. The highest BCUT2D eigenvalue weighted by Gasteiger charge is 2.03. The third-order valence-electron chi connectivity index (χ3n) is 2.43. The first kappa shape index (κ1) is 15.7. The van der Waals surface area contributed by atoms with Crippen molar-refractivity contribution in [3.8, 4) is 0 Å². The van der Waals surface area contributed by atoms with E-state index < -0.39 is 10.1 Å². The Balaban J connectivity index is 2.09. The lowest BCUT2D eigenvalue weighted by molar-refractivity contribution is -0.121. The first-order chi connectivity index (χ1) is 8.97. The third-order valence-corrected chi connectivity index (χ3v) is 3.02. The van der Waals surface area contributed by atoms with Crippen LogP contribution in [0.5, 0.6) is 0 Å². The Hall–Kier alpha value is -1.40. The summed E-state index contributed by atoms with van der Waals surface area (Å²) in [6, 6.07) is 9.65. The largest absolute Gasteiger partial charge is 0.352 e. The summed E-state index contributed by atoms with van der Waals surface area (Å²) in [6.45, 7) is 0.643. The van der Waals surface area contributed by atoms with Crippen molar-refractivity contribution < 1.29 is 17.4 Å². The number of nitrogens with one attached hydrogen (secondary N) is 1. The van der Waals surface area contributed by atoms with Crippen LogP contribution in [0.15, 0.2) is 30.3 Å². The van der Waals surface area contributed by atoms with Crippen molar-refractivity contribution in [2.75, 3.05) is 12.9 Å². The van der Waals surface area contributed by atoms with E-state index in [-0.39, 0.29) is 12.5 Å². The van der Waals surface area contributed by atoms with Gasteiger partial charge in [-0.1, -0.05) is 30.3 Å². The molecular weight excluding hydrogens is 266 g/mol.